The fraction of sp³-hybridized carbons (Fsp3) is 0.375. The number of hydrogen-bond donors (Lipinski definition) is 1. The van der Waals surface area contributed by atoms with Crippen LogP contribution >= 0.6 is 11.6 Å². The number of aromatic carboxylic acids is 1. The van der Waals surface area contributed by atoms with Gasteiger partial charge in [-0.3, -0.25) is 4.79 Å². The summed E-state index contributed by atoms with van der Waals surface area (Å²) in [6.07, 6.45) is 3.45. The molecule has 1 amide bonds. The van der Waals surface area contributed by atoms with Crippen molar-refractivity contribution in [2.45, 2.75) is 59.0 Å². The molecule has 1 aliphatic rings. The maximum atomic E-state index is 14.3. The summed E-state index contributed by atoms with van der Waals surface area (Å²) in [5.74, 6) is -0.867. The second-order valence-electron chi connectivity index (χ2n) is 12.0. The van der Waals surface area contributed by atoms with Gasteiger partial charge in [-0.15, -0.1) is 0 Å². The molecule has 1 aromatic carbocycles. The van der Waals surface area contributed by atoms with E-state index in [0.717, 1.165) is 29.6 Å². The highest BCUT2D eigenvalue weighted by Gasteiger charge is 2.29. The smallest absolute Gasteiger partial charge is 0.337 e. The number of piperidine rings is 1. The number of carbonyl (C=O) groups excluding carboxylic acids is 1. The van der Waals surface area contributed by atoms with Crippen LogP contribution in [0.5, 0.6) is 0 Å². The van der Waals surface area contributed by atoms with E-state index in [1.807, 2.05) is 34.8 Å². The minimum Gasteiger partial charge on any atom is -0.478 e. The predicted molar refractivity (Wildman–Crippen MR) is 163 cm³/mol. The van der Waals surface area contributed by atoms with Gasteiger partial charge in [-0.25, -0.2) is 19.2 Å². The molecule has 4 aromatic rings. The number of fused-ring (bicyclic) bond motifs is 1. The molecule has 220 valence electrons. The van der Waals surface area contributed by atoms with Gasteiger partial charge in [0.2, 0.25) is 0 Å². The summed E-state index contributed by atoms with van der Waals surface area (Å²) in [5.41, 5.74) is 3.61. The SMILES string of the molecule is Cc1cc(N(C)C2CCN(C(=O)c3ccc4c(-c5ccc(Cl)c(F)c5)cn(C(C)(C)C)c4n3)CC2)nc(C)c1C(=O)O. The lowest BCUT2D eigenvalue weighted by Crippen LogP contribution is -2.46. The van der Waals surface area contributed by atoms with Crippen molar-refractivity contribution in [3.63, 3.8) is 0 Å². The third-order valence-electron chi connectivity index (χ3n) is 8.08. The molecular weight excluding hydrogens is 557 g/mol. The summed E-state index contributed by atoms with van der Waals surface area (Å²) in [4.78, 5) is 38.4. The molecule has 0 bridgehead atoms. The van der Waals surface area contributed by atoms with Gasteiger partial charge >= 0.3 is 5.97 Å². The van der Waals surface area contributed by atoms with E-state index < -0.39 is 11.8 Å². The largest absolute Gasteiger partial charge is 0.478 e. The Hall–Kier alpha value is -3.98. The van der Waals surface area contributed by atoms with E-state index in [-0.39, 0.29) is 28.1 Å². The van der Waals surface area contributed by atoms with Gasteiger partial charge < -0.3 is 19.5 Å². The average molecular weight is 592 g/mol. The number of nitrogens with zero attached hydrogens (tertiary/aromatic N) is 5. The van der Waals surface area contributed by atoms with E-state index in [4.69, 9.17) is 16.6 Å². The molecule has 3 aromatic heterocycles. The average Bonchev–Trinajstić information content (AvgIpc) is 3.33. The van der Waals surface area contributed by atoms with E-state index >= 15 is 0 Å². The molecular formula is C32H35ClFN5O3. The Labute approximate surface area is 249 Å². The van der Waals surface area contributed by atoms with Crippen molar-refractivity contribution in [1.29, 1.82) is 0 Å². The molecule has 1 fully saturated rings. The van der Waals surface area contributed by atoms with Crippen molar-refractivity contribution in [1.82, 2.24) is 19.4 Å². The van der Waals surface area contributed by atoms with Gasteiger partial charge in [0.1, 0.15) is 23.0 Å². The van der Waals surface area contributed by atoms with Gasteiger partial charge in [-0.2, -0.15) is 0 Å². The Bertz CT molecular complexity index is 1680. The van der Waals surface area contributed by atoms with Gasteiger partial charge in [0, 0.05) is 48.9 Å². The zero-order valence-electron chi connectivity index (χ0n) is 24.7. The number of likely N-dealkylation sites (tertiary alicyclic amines) is 1. The first kappa shape index (κ1) is 29.5. The molecule has 0 saturated carbocycles. The van der Waals surface area contributed by atoms with Crippen molar-refractivity contribution in [2.24, 2.45) is 0 Å². The fourth-order valence-electron chi connectivity index (χ4n) is 5.75. The number of halogens is 2. The number of rotatable bonds is 5. The van der Waals surface area contributed by atoms with E-state index in [1.54, 1.807) is 32.0 Å². The predicted octanol–water partition coefficient (Wildman–Crippen LogP) is 6.70. The molecule has 0 aliphatic carbocycles. The monoisotopic (exact) mass is 591 g/mol. The van der Waals surface area contributed by atoms with Crippen molar-refractivity contribution in [3.05, 3.63) is 75.9 Å². The summed E-state index contributed by atoms with van der Waals surface area (Å²) in [6.45, 7) is 10.8. The first-order valence-electron chi connectivity index (χ1n) is 14.0. The van der Waals surface area contributed by atoms with Gasteiger partial charge in [0.15, 0.2) is 0 Å². The van der Waals surface area contributed by atoms with E-state index in [0.29, 0.717) is 41.3 Å². The summed E-state index contributed by atoms with van der Waals surface area (Å²) in [6, 6.07) is 10.3. The highest BCUT2D eigenvalue weighted by atomic mass is 35.5. The van der Waals surface area contributed by atoms with Crippen molar-refractivity contribution in [3.8, 4) is 11.1 Å². The lowest BCUT2D eigenvalue weighted by Gasteiger charge is -2.37. The minimum atomic E-state index is -0.977. The zero-order valence-corrected chi connectivity index (χ0v) is 25.5. The molecule has 10 heteroatoms. The summed E-state index contributed by atoms with van der Waals surface area (Å²) in [7, 11) is 1.96. The van der Waals surface area contributed by atoms with Crippen LogP contribution in [0.25, 0.3) is 22.2 Å². The van der Waals surface area contributed by atoms with Crippen molar-refractivity contribution in [2.75, 3.05) is 25.0 Å². The summed E-state index contributed by atoms with van der Waals surface area (Å²) in [5, 5.41) is 10.4. The zero-order chi connectivity index (χ0) is 30.5. The van der Waals surface area contributed by atoms with Gasteiger partial charge in [-0.1, -0.05) is 17.7 Å². The van der Waals surface area contributed by atoms with Crippen LogP contribution < -0.4 is 4.90 Å². The number of aryl methyl sites for hydroxylation is 2. The van der Waals surface area contributed by atoms with Gasteiger partial charge in [0.25, 0.3) is 5.91 Å². The van der Waals surface area contributed by atoms with Crippen LogP contribution in [0.1, 0.15) is 65.7 Å². The lowest BCUT2D eigenvalue weighted by atomic mass is 10.0. The number of carboxylic acid groups (broad SMARTS) is 1. The van der Waals surface area contributed by atoms with E-state index in [1.165, 1.54) is 6.07 Å². The number of anilines is 1. The standard InChI is InChI=1S/C32H35ClFN5O3/c1-18-15-27(35-19(2)28(18)31(41)42)37(6)21-11-13-38(14-12-21)30(40)26-10-8-22-23(20-7-9-24(33)25(34)16-20)17-39(29(22)36-26)32(3,4)5/h7-10,15-17,21H,11-14H2,1-6H3,(H,41,42). The molecule has 42 heavy (non-hydrogen) atoms. The molecule has 0 spiro atoms. The van der Waals surface area contributed by atoms with Crippen LogP contribution in [-0.2, 0) is 5.54 Å². The van der Waals surface area contributed by atoms with Gasteiger partial charge in [-0.05, 0) is 88.9 Å². The highest BCUT2D eigenvalue weighted by molar-refractivity contribution is 6.30. The topological polar surface area (TPSA) is 91.6 Å². The van der Waals surface area contributed by atoms with Gasteiger partial charge in [0.05, 0.1) is 16.3 Å². The van der Waals surface area contributed by atoms with Crippen LogP contribution in [0.4, 0.5) is 10.2 Å². The molecule has 0 unspecified atom stereocenters. The number of carboxylic acids is 1. The lowest BCUT2D eigenvalue weighted by molar-refractivity contribution is 0.0691. The number of aromatic nitrogens is 3. The number of pyridine rings is 2. The first-order chi connectivity index (χ1) is 19.8. The normalized spacial score (nSPS) is 14.4. The number of benzene rings is 1. The van der Waals surface area contributed by atoms with E-state index in [9.17, 15) is 19.1 Å². The van der Waals surface area contributed by atoms with Crippen molar-refractivity contribution >= 4 is 40.3 Å². The van der Waals surface area contributed by atoms with Crippen LogP contribution in [0.2, 0.25) is 5.02 Å². The third kappa shape index (κ3) is 5.45. The molecule has 0 radical (unpaired) electrons. The Kier molecular flexibility index (Phi) is 7.74. The Balaban J connectivity index is 1.37. The van der Waals surface area contributed by atoms with Crippen LogP contribution in [0.3, 0.4) is 0 Å². The van der Waals surface area contributed by atoms with E-state index in [2.05, 4.69) is 30.7 Å². The van der Waals surface area contributed by atoms with Crippen LogP contribution in [0.15, 0.2) is 42.6 Å². The summed E-state index contributed by atoms with van der Waals surface area (Å²) >= 11 is 5.92. The highest BCUT2D eigenvalue weighted by Crippen LogP contribution is 2.35. The fourth-order valence-corrected chi connectivity index (χ4v) is 5.86. The third-order valence-corrected chi connectivity index (χ3v) is 8.39. The first-order valence-corrected chi connectivity index (χ1v) is 14.4. The maximum Gasteiger partial charge on any atom is 0.337 e. The quantitative estimate of drug-likeness (QED) is 0.278. The molecule has 4 heterocycles. The Morgan fingerprint density at radius 1 is 1.07 bits per heavy atom. The van der Waals surface area contributed by atoms with Crippen molar-refractivity contribution < 1.29 is 19.1 Å². The molecule has 1 aliphatic heterocycles. The second-order valence-corrected chi connectivity index (χ2v) is 12.4. The molecule has 8 nitrogen and oxygen atoms in total. The Morgan fingerprint density at radius 2 is 1.76 bits per heavy atom. The maximum absolute atomic E-state index is 14.3. The number of carbonyl (C=O) groups is 2. The van der Waals surface area contributed by atoms with Crippen LogP contribution in [-0.4, -0.2) is 62.6 Å². The minimum absolute atomic E-state index is 0.0665. The number of hydrogen-bond acceptors (Lipinski definition) is 5. The summed E-state index contributed by atoms with van der Waals surface area (Å²) < 4.78 is 16.3. The Morgan fingerprint density at radius 3 is 2.36 bits per heavy atom. The number of amides is 1. The molecule has 5 rings (SSSR count). The molecule has 1 saturated heterocycles. The second kappa shape index (κ2) is 11.0. The van der Waals surface area contributed by atoms with Crippen LogP contribution in [0, 0.1) is 19.7 Å². The molecule has 0 atom stereocenters. The molecule has 1 N–H and O–H groups in total.